The monoisotopic (exact) mass is 312 g/mol. The number of nitrogens with one attached hydrogen (secondary N) is 1. The Kier molecular flexibility index (Phi) is 3.49. The minimum Gasteiger partial charge on any atom is -0.383 e. The van der Waals surface area contributed by atoms with Crippen molar-refractivity contribution >= 4 is 45.0 Å². The number of nitrogen functional groups attached to an aromatic ring is 1. The molecule has 0 bridgehead atoms. The van der Waals surface area contributed by atoms with E-state index in [1.54, 1.807) is 6.07 Å². The summed E-state index contributed by atoms with van der Waals surface area (Å²) in [5, 5.41) is 3.64. The van der Waals surface area contributed by atoms with Crippen LogP contribution in [0.1, 0.15) is 5.56 Å². The third-order valence-electron chi connectivity index (χ3n) is 2.08. The number of aromatic nitrogens is 2. The van der Waals surface area contributed by atoms with E-state index >= 15 is 0 Å². The Bertz CT molecular complexity index is 539. The molecule has 0 spiro atoms. The minimum absolute atomic E-state index is 0.387. The highest BCUT2D eigenvalue weighted by atomic mass is 79.9. The number of hydrogen-bond donors (Lipinski definition) is 2. The second kappa shape index (κ2) is 4.89. The van der Waals surface area contributed by atoms with Gasteiger partial charge in [-0.3, -0.25) is 0 Å². The highest BCUT2D eigenvalue weighted by Crippen LogP contribution is 2.25. The van der Waals surface area contributed by atoms with Gasteiger partial charge in [0.05, 0.1) is 10.7 Å². The van der Waals surface area contributed by atoms with Crippen LogP contribution in [0, 0.1) is 6.92 Å². The van der Waals surface area contributed by atoms with Crippen molar-refractivity contribution in [2.24, 2.45) is 0 Å². The minimum atomic E-state index is 0.387. The van der Waals surface area contributed by atoms with Gasteiger partial charge in [-0.2, -0.15) is 4.98 Å². The van der Waals surface area contributed by atoms with Crippen LogP contribution in [0.5, 0.6) is 0 Å². The van der Waals surface area contributed by atoms with E-state index in [1.165, 1.54) is 0 Å². The number of rotatable bonds is 2. The maximum atomic E-state index is 6.06. The topological polar surface area (TPSA) is 63.8 Å². The van der Waals surface area contributed by atoms with E-state index in [-0.39, 0.29) is 0 Å². The molecule has 0 aliphatic rings. The van der Waals surface area contributed by atoms with Crippen LogP contribution in [0.4, 0.5) is 17.5 Å². The molecular weight excluding hydrogens is 304 g/mol. The first-order valence-corrected chi connectivity index (χ1v) is 6.05. The second-order valence-electron chi connectivity index (χ2n) is 3.55. The molecule has 3 N–H and O–H groups in total. The molecule has 0 saturated carbocycles. The Labute approximate surface area is 112 Å². The summed E-state index contributed by atoms with van der Waals surface area (Å²) in [6.45, 7) is 1.98. The fourth-order valence-electron chi connectivity index (χ4n) is 1.35. The predicted octanol–water partition coefficient (Wildman–Crippen LogP) is 3.53. The summed E-state index contributed by atoms with van der Waals surface area (Å²) in [5.74, 6) is 0.794. The fourth-order valence-corrected chi connectivity index (χ4v) is 1.91. The van der Waals surface area contributed by atoms with Crippen LogP contribution >= 0.6 is 27.5 Å². The number of nitrogens with zero attached hydrogens (tertiary/aromatic N) is 2. The fraction of sp³-hybridized carbons (Fsp3) is 0.0909. The zero-order valence-electron chi connectivity index (χ0n) is 9.04. The van der Waals surface area contributed by atoms with Gasteiger partial charge < -0.3 is 11.1 Å². The van der Waals surface area contributed by atoms with E-state index in [9.17, 15) is 0 Å². The van der Waals surface area contributed by atoms with Crippen LogP contribution in [0.25, 0.3) is 0 Å². The first-order chi connectivity index (χ1) is 8.04. The largest absolute Gasteiger partial charge is 0.383 e. The molecule has 1 heterocycles. The smallest absolute Gasteiger partial charge is 0.230 e. The molecule has 6 heteroatoms. The van der Waals surface area contributed by atoms with Crippen molar-refractivity contribution in [3.05, 3.63) is 39.5 Å². The van der Waals surface area contributed by atoms with Crippen LogP contribution in [0.15, 0.2) is 28.9 Å². The summed E-state index contributed by atoms with van der Waals surface area (Å²) < 4.78 is 0.622. The van der Waals surface area contributed by atoms with Crippen molar-refractivity contribution in [1.82, 2.24) is 9.97 Å². The van der Waals surface area contributed by atoms with Gasteiger partial charge in [-0.25, -0.2) is 4.98 Å². The van der Waals surface area contributed by atoms with Gasteiger partial charge in [-0.1, -0.05) is 17.7 Å². The Hall–Kier alpha value is -1.33. The van der Waals surface area contributed by atoms with Crippen molar-refractivity contribution in [3.8, 4) is 0 Å². The third-order valence-corrected chi connectivity index (χ3v) is 2.82. The second-order valence-corrected chi connectivity index (χ2v) is 4.77. The summed E-state index contributed by atoms with van der Waals surface area (Å²) in [5.41, 5.74) is 7.48. The lowest BCUT2D eigenvalue weighted by atomic mass is 10.2. The molecule has 0 amide bonds. The summed E-state index contributed by atoms with van der Waals surface area (Å²) in [6, 6.07) is 7.30. The van der Waals surface area contributed by atoms with E-state index in [0.717, 1.165) is 11.3 Å². The summed E-state index contributed by atoms with van der Waals surface area (Å²) in [7, 11) is 0. The SMILES string of the molecule is Cc1ccc(Cl)c(Nc2nc(N)cc(Br)n2)c1. The highest BCUT2D eigenvalue weighted by Gasteiger charge is 2.04. The molecule has 0 aliphatic carbocycles. The number of hydrogen-bond acceptors (Lipinski definition) is 4. The van der Waals surface area contributed by atoms with E-state index in [4.69, 9.17) is 17.3 Å². The van der Waals surface area contributed by atoms with Crippen molar-refractivity contribution < 1.29 is 0 Å². The van der Waals surface area contributed by atoms with Crippen molar-refractivity contribution in [2.75, 3.05) is 11.1 Å². The van der Waals surface area contributed by atoms with Crippen LogP contribution in [-0.4, -0.2) is 9.97 Å². The molecule has 0 fully saturated rings. The van der Waals surface area contributed by atoms with Gasteiger partial charge in [0.15, 0.2) is 0 Å². The molecule has 0 saturated heterocycles. The zero-order chi connectivity index (χ0) is 12.4. The van der Waals surface area contributed by atoms with Gasteiger partial charge >= 0.3 is 0 Å². The Morgan fingerprint density at radius 2 is 2.06 bits per heavy atom. The van der Waals surface area contributed by atoms with E-state index in [2.05, 4.69) is 31.2 Å². The molecule has 2 aromatic rings. The van der Waals surface area contributed by atoms with Crippen LogP contribution in [-0.2, 0) is 0 Å². The number of benzene rings is 1. The first-order valence-electron chi connectivity index (χ1n) is 4.88. The Morgan fingerprint density at radius 3 is 2.76 bits per heavy atom. The summed E-state index contributed by atoms with van der Waals surface area (Å²) >= 11 is 9.32. The lowest BCUT2D eigenvalue weighted by Crippen LogP contribution is -2.01. The van der Waals surface area contributed by atoms with Crippen LogP contribution < -0.4 is 11.1 Å². The number of aryl methyl sites for hydroxylation is 1. The van der Waals surface area contributed by atoms with Crippen molar-refractivity contribution in [3.63, 3.8) is 0 Å². The quantitative estimate of drug-likeness (QED) is 0.833. The standard InChI is InChI=1S/C11H10BrClN4/c1-6-2-3-7(13)8(4-6)15-11-16-9(12)5-10(14)17-11/h2-5H,1H3,(H3,14,15,16,17). The number of nitrogens with two attached hydrogens (primary N) is 1. The van der Waals surface area contributed by atoms with Gasteiger partial charge in [-0.05, 0) is 40.5 Å². The van der Waals surface area contributed by atoms with Gasteiger partial charge in [0.2, 0.25) is 5.95 Å². The maximum absolute atomic E-state index is 6.06. The Balaban J connectivity index is 2.34. The lowest BCUT2D eigenvalue weighted by molar-refractivity contribution is 1.15. The summed E-state index contributed by atoms with van der Waals surface area (Å²) in [4.78, 5) is 8.22. The first kappa shape index (κ1) is 12.1. The van der Waals surface area contributed by atoms with E-state index in [1.807, 2.05) is 25.1 Å². The molecule has 1 aromatic heterocycles. The van der Waals surface area contributed by atoms with Gasteiger partial charge in [-0.15, -0.1) is 0 Å². The van der Waals surface area contributed by atoms with Crippen molar-refractivity contribution in [2.45, 2.75) is 6.92 Å². The van der Waals surface area contributed by atoms with Gasteiger partial charge in [0.25, 0.3) is 0 Å². The molecule has 2 rings (SSSR count). The molecule has 0 aliphatic heterocycles. The molecule has 4 nitrogen and oxygen atoms in total. The van der Waals surface area contributed by atoms with Crippen LogP contribution in [0.2, 0.25) is 5.02 Å². The van der Waals surface area contributed by atoms with E-state index < -0.39 is 0 Å². The third kappa shape index (κ3) is 3.08. The normalized spacial score (nSPS) is 10.3. The average molecular weight is 314 g/mol. The molecule has 0 atom stereocenters. The Morgan fingerprint density at radius 1 is 1.29 bits per heavy atom. The maximum Gasteiger partial charge on any atom is 0.230 e. The van der Waals surface area contributed by atoms with Crippen molar-refractivity contribution in [1.29, 1.82) is 0 Å². The number of anilines is 3. The van der Waals surface area contributed by atoms with Gasteiger partial charge in [0, 0.05) is 6.07 Å². The summed E-state index contributed by atoms with van der Waals surface area (Å²) in [6.07, 6.45) is 0. The number of halogens is 2. The predicted molar refractivity (Wildman–Crippen MR) is 73.6 cm³/mol. The molecular formula is C11H10BrClN4. The molecule has 17 heavy (non-hydrogen) atoms. The molecule has 0 unspecified atom stereocenters. The highest BCUT2D eigenvalue weighted by molar-refractivity contribution is 9.10. The zero-order valence-corrected chi connectivity index (χ0v) is 11.4. The molecule has 1 aromatic carbocycles. The average Bonchev–Trinajstić information content (AvgIpc) is 2.22. The van der Waals surface area contributed by atoms with Crippen LogP contribution in [0.3, 0.4) is 0 Å². The molecule has 0 radical (unpaired) electrons. The molecule has 88 valence electrons. The van der Waals surface area contributed by atoms with Gasteiger partial charge in [0.1, 0.15) is 10.4 Å². The lowest BCUT2D eigenvalue weighted by Gasteiger charge is -2.08. The van der Waals surface area contributed by atoms with E-state index in [0.29, 0.717) is 21.4 Å².